The smallest absolute Gasteiger partial charge is 0.0615 e. The molecule has 0 aromatic heterocycles. The molecular weight excluding hydrogens is 224 g/mol. The predicted molar refractivity (Wildman–Crippen MR) is 74.8 cm³/mol. The minimum atomic E-state index is 0.436. The highest BCUT2D eigenvalue weighted by Crippen LogP contribution is 2.34. The van der Waals surface area contributed by atoms with Crippen molar-refractivity contribution in [2.45, 2.75) is 31.2 Å². The fourth-order valence-corrected chi connectivity index (χ4v) is 2.66. The summed E-state index contributed by atoms with van der Waals surface area (Å²) in [6.45, 7) is 2.58. The normalized spacial score (nSPS) is 19.1. The zero-order chi connectivity index (χ0) is 12.8. The van der Waals surface area contributed by atoms with E-state index in [2.05, 4.69) is 29.6 Å². The zero-order valence-corrected chi connectivity index (χ0v) is 11.2. The Morgan fingerprint density at radius 3 is 3.00 bits per heavy atom. The van der Waals surface area contributed by atoms with Crippen LogP contribution < -0.4 is 11.1 Å². The highest BCUT2D eigenvalue weighted by atomic mass is 16.5. The summed E-state index contributed by atoms with van der Waals surface area (Å²) < 4.78 is 5.25. The van der Waals surface area contributed by atoms with E-state index in [1.54, 1.807) is 7.11 Å². The van der Waals surface area contributed by atoms with Gasteiger partial charge in [0.05, 0.1) is 6.61 Å². The van der Waals surface area contributed by atoms with Gasteiger partial charge in [-0.1, -0.05) is 24.3 Å². The van der Waals surface area contributed by atoms with Crippen LogP contribution in [0.2, 0.25) is 0 Å². The van der Waals surface area contributed by atoms with Crippen molar-refractivity contribution in [2.75, 3.05) is 26.8 Å². The topological polar surface area (TPSA) is 47.3 Å². The summed E-state index contributed by atoms with van der Waals surface area (Å²) in [5.41, 5.74) is 8.58. The molecule has 2 atom stereocenters. The van der Waals surface area contributed by atoms with E-state index in [1.165, 1.54) is 17.5 Å². The van der Waals surface area contributed by atoms with E-state index in [4.69, 9.17) is 10.5 Å². The molecule has 3 heteroatoms. The third kappa shape index (κ3) is 3.31. The van der Waals surface area contributed by atoms with Crippen LogP contribution in [0, 0.1) is 0 Å². The molecule has 1 aromatic rings. The van der Waals surface area contributed by atoms with E-state index in [0.717, 1.165) is 32.5 Å². The van der Waals surface area contributed by atoms with Crippen molar-refractivity contribution in [3.8, 4) is 0 Å². The summed E-state index contributed by atoms with van der Waals surface area (Å²) >= 11 is 0. The molecule has 3 nitrogen and oxygen atoms in total. The SMILES string of the molecule is COCC(CCCN)NCC1Cc2ccccc21. The Labute approximate surface area is 110 Å². The average Bonchev–Trinajstić information content (AvgIpc) is 2.37. The maximum absolute atomic E-state index is 5.56. The van der Waals surface area contributed by atoms with E-state index in [1.807, 2.05) is 0 Å². The van der Waals surface area contributed by atoms with Crippen LogP contribution in [-0.2, 0) is 11.2 Å². The Hall–Kier alpha value is -0.900. The van der Waals surface area contributed by atoms with Crippen LogP contribution >= 0.6 is 0 Å². The molecule has 0 saturated carbocycles. The molecule has 0 heterocycles. The Bertz CT molecular complexity index is 367. The van der Waals surface area contributed by atoms with Crippen LogP contribution in [-0.4, -0.2) is 32.8 Å². The number of benzene rings is 1. The van der Waals surface area contributed by atoms with Crippen LogP contribution in [0.4, 0.5) is 0 Å². The number of ether oxygens (including phenoxy) is 1. The minimum Gasteiger partial charge on any atom is -0.383 e. The fourth-order valence-electron chi connectivity index (χ4n) is 2.66. The molecule has 0 amide bonds. The lowest BCUT2D eigenvalue weighted by Gasteiger charge is -2.32. The number of hydrogen-bond donors (Lipinski definition) is 2. The van der Waals surface area contributed by atoms with E-state index in [-0.39, 0.29) is 0 Å². The lowest BCUT2D eigenvalue weighted by molar-refractivity contribution is 0.160. The van der Waals surface area contributed by atoms with Gasteiger partial charge >= 0.3 is 0 Å². The second kappa shape index (κ2) is 6.88. The van der Waals surface area contributed by atoms with Crippen molar-refractivity contribution < 1.29 is 4.74 Å². The van der Waals surface area contributed by atoms with Gasteiger partial charge in [-0.15, -0.1) is 0 Å². The van der Waals surface area contributed by atoms with Crippen molar-refractivity contribution in [3.63, 3.8) is 0 Å². The number of nitrogens with one attached hydrogen (secondary N) is 1. The van der Waals surface area contributed by atoms with E-state index in [9.17, 15) is 0 Å². The van der Waals surface area contributed by atoms with Crippen LogP contribution in [0.3, 0.4) is 0 Å². The van der Waals surface area contributed by atoms with Gasteiger partial charge < -0.3 is 15.8 Å². The summed E-state index contributed by atoms with van der Waals surface area (Å²) in [4.78, 5) is 0. The number of fused-ring (bicyclic) bond motifs is 1. The minimum absolute atomic E-state index is 0.436. The van der Waals surface area contributed by atoms with Gasteiger partial charge in [0, 0.05) is 25.6 Å². The molecule has 3 N–H and O–H groups in total. The standard InChI is InChI=1S/C15H24N2O/c1-18-11-14(6-4-8-16)17-10-13-9-12-5-2-3-7-15(12)13/h2-3,5,7,13-14,17H,4,6,8-11,16H2,1H3. The van der Waals surface area contributed by atoms with Gasteiger partial charge in [0.1, 0.15) is 0 Å². The van der Waals surface area contributed by atoms with Crippen molar-refractivity contribution in [3.05, 3.63) is 35.4 Å². The van der Waals surface area contributed by atoms with Crippen LogP contribution in [0.15, 0.2) is 24.3 Å². The first kappa shape index (κ1) is 13.5. The van der Waals surface area contributed by atoms with Gasteiger partial charge in [-0.3, -0.25) is 0 Å². The first-order valence-corrected chi connectivity index (χ1v) is 6.85. The first-order valence-electron chi connectivity index (χ1n) is 6.85. The third-order valence-electron chi connectivity index (χ3n) is 3.74. The highest BCUT2D eigenvalue weighted by Gasteiger charge is 2.25. The average molecular weight is 248 g/mol. The van der Waals surface area contributed by atoms with Crippen LogP contribution in [0.5, 0.6) is 0 Å². The molecule has 0 bridgehead atoms. The molecule has 2 rings (SSSR count). The monoisotopic (exact) mass is 248 g/mol. The molecule has 0 radical (unpaired) electrons. The second-order valence-corrected chi connectivity index (χ2v) is 5.09. The highest BCUT2D eigenvalue weighted by molar-refractivity contribution is 5.40. The Balaban J connectivity index is 1.77. The maximum Gasteiger partial charge on any atom is 0.0615 e. The van der Waals surface area contributed by atoms with Crippen molar-refractivity contribution in [2.24, 2.45) is 5.73 Å². The lowest BCUT2D eigenvalue weighted by Crippen LogP contribution is -2.39. The van der Waals surface area contributed by atoms with Gasteiger partial charge in [-0.05, 0) is 36.9 Å². The molecule has 1 aliphatic rings. The molecule has 0 saturated heterocycles. The van der Waals surface area contributed by atoms with E-state index in [0.29, 0.717) is 12.0 Å². The molecule has 18 heavy (non-hydrogen) atoms. The molecule has 2 unspecified atom stereocenters. The maximum atomic E-state index is 5.56. The van der Waals surface area contributed by atoms with Gasteiger partial charge in [0.25, 0.3) is 0 Å². The summed E-state index contributed by atoms with van der Waals surface area (Å²) in [5.74, 6) is 0.679. The number of methoxy groups -OCH3 is 1. The first-order chi connectivity index (χ1) is 8.85. The molecule has 0 fully saturated rings. The molecule has 0 spiro atoms. The molecule has 100 valence electrons. The van der Waals surface area contributed by atoms with Gasteiger partial charge in [-0.2, -0.15) is 0 Å². The van der Waals surface area contributed by atoms with Crippen LogP contribution in [0.1, 0.15) is 29.9 Å². The van der Waals surface area contributed by atoms with Gasteiger partial charge in [0.2, 0.25) is 0 Å². The van der Waals surface area contributed by atoms with Gasteiger partial charge in [0.15, 0.2) is 0 Å². The van der Waals surface area contributed by atoms with Crippen molar-refractivity contribution in [1.82, 2.24) is 5.32 Å². The molecular formula is C15H24N2O. The predicted octanol–water partition coefficient (Wildman–Crippen LogP) is 1.67. The summed E-state index contributed by atoms with van der Waals surface area (Å²) in [5, 5.41) is 3.62. The van der Waals surface area contributed by atoms with E-state index < -0.39 is 0 Å². The summed E-state index contributed by atoms with van der Waals surface area (Å²) in [6.07, 6.45) is 3.36. The number of hydrogen-bond acceptors (Lipinski definition) is 3. The number of rotatable bonds is 8. The molecule has 1 aliphatic carbocycles. The fraction of sp³-hybridized carbons (Fsp3) is 0.600. The second-order valence-electron chi connectivity index (χ2n) is 5.09. The molecule has 1 aromatic carbocycles. The molecule has 0 aliphatic heterocycles. The third-order valence-corrected chi connectivity index (χ3v) is 3.74. The Morgan fingerprint density at radius 2 is 2.28 bits per heavy atom. The van der Waals surface area contributed by atoms with Crippen LogP contribution in [0.25, 0.3) is 0 Å². The zero-order valence-electron chi connectivity index (χ0n) is 11.2. The number of nitrogens with two attached hydrogens (primary N) is 1. The van der Waals surface area contributed by atoms with Gasteiger partial charge in [-0.25, -0.2) is 0 Å². The summed E-state index contributed by atoms with van der Waals surface area (Å²) in [7, 11) is 1.76. The quantitative estimate of drug-likeness (QED) is 0.735. The van der Waals surface area contributed by atoms with Crippen molar-refractivity contribution in [1.29, 1.82) is 0 Å². The van der Waals surface area contributed by atoms with E-state index >= 15 is 0 Å². The lowest BCUT2D eigenvalue weighted by atomic mass is 9.77. The summed E-state index contributed by atoms with van der Waals surface area (Å²) in [6, 6.07) is 9.17. The Morgan fingerprint density at radius 1 is 1.44 bits per heavy atom. The Kier molecular flexibility index (Phi) is 5.17. The van der Waals surface area contributed by atoms with Crippen molar-refractivity contribution >= 4 is 0 Å². The largest absolute Gasteiger partial charge is 0.383 e.